The van der Waals surface area contributed by atoms with E-state index in [1.165, 1.54) is 6.08 Å². The molecule has 0 radical (unpaired) electrons. The minimum Gasteiger partial charge on any atom is -0.323 e. The van der Waals surface area contributed by atoms with Crippen molar-refractivity contribution in [3.05, 3.63) is 11.6 Å². The molecule has 0 bridgehead atoms. The maximum absolute atomic E-state index is 12.4. The zero-order valence-corrected chi connectivity index (χ0v) is 8.91. The summed E-state index contributed by atoms with van der Waals surface area (Å²) in [6.45, 7) is 0. The van der Waals surface area contributed by atoms with Crippen molar-refractivity contribution in [2.24, 2.45) is 11.7 Å². The summed E-state index contributed by atoms with van der Waals surface area (Å²) in [5.41, 5.74) is 5.22. The lowest BCUT2D eigenvalue weighted by molar-refractivity contribution is -0.287. The van der Waals surface area contributed by atoms with Crippen LogP contribution in [0.25, 0.3) is 0 Å². The highest BCUT2D eigenvalue weighted by Crippen LogP contribution is 2.43. The average molecular weight is 261 g/mol. The Labute approximate surface area is 94.7 Å². The second-order valence-corrected chi connectivity index (χ2v) is 4.11. The van der Waals surface area contributed by atoms with Gasteiger partial charge in [-0.25, -0.2) is 0 Å². The predicted molar refractivity (Wildman–Crippen MR) is 50.1 cm³/mol. The number of allylic oxidation sites excluding steroid dienone is 1. The van der Waals surface area contributed by atoms with Crippen LogP contribution in [0, 0.1) is 5.92 Å². The Kier molecular flexibility index (Phi) is 4.11. The number of halogens is 6. The lowest BCUT2D eigenvalue weighted by Crippen LogP contribution is -2.49. The summed E-state index contributed by atoms with van der Waals surface area (Å²) in [6.07, 6.45) is -7.26. The van der Waals surface area contributed by atoms with Crippen molar-refractivity contribution < 1.29 is 26.3 Å². The lowest BCUT2D eigenvalue weighted by atomic mass is 9.86. The Bertz CT molecular complexity index is 276. The van der Waals surface area contributed by atoms with Crippen LogP contribution >= 0.6 is 0 Å². The van der Waals surface area contributed by atoms with Crippen LogP contribution in [-0.4, -0.2) is 18.4 Å². The maximum atomic E-state index is 12.4. The van der Waals surface area contributed by atoms with Crippen molar-refractivity contribution in [2.75, 3.05) is 0 Å². The SMILES string of the molecule is NC(C1=CCCCC1)C(C(F)(F)F)C(F)(F)F. The molecule has 1 rings (SSSR count). The van der Waals surface area contributed by atoms with E-state index in [0.717, 1.165) is 6.42 Å². The van der Waals surface area contributed by atoms with E-state index in [-0.39, 0.29) is 12.0 Å². The zero-order valence-electron chi connectivity index (χ0n) is 8.91. The minimum atomic E-state index is -5.37. The van der Waals surface area contributed by atoms with E-state index >= 15 is 0 Å². The van der Waals surface area contributed by atoms with Crippen molar-refractivity contribution in [1.29, 1.82) is 0 Å². The number of rotatable bonds is 2. The molecule has 7 heteroatoms. The molecule has 1 atom stereocenters. The van der Waals surface area contributed by atoms with Crippen LogP contribution in [0.2, 0.25) is 0 Å². The Morgan fingerprint density at radius 3 is 1.88 bits per heavy atom. The highest BCUT2D eigenvalue weighted by atomic mass is 19.4. The van der Waals surface area contributed by atoms with Crippen LogP contribution < -0.4 is 5.73 Å². The van der Waals surface area contributed by atoms with Gasteiger partial charge in [0, 0.05) is 6.04 Å². The highest BCUT2D eigenvalue weighted by Gasteiger charge is 2.59. The molecule has 0 aromatic heterocycles. The van der Waals surface area contributed by atoms with Crippen LogP contribution in [0.3, 0.4) is 0 Å². The van der Waals surface area contributed by atoms with Gasteiger partial charge in [-0.1, -0.05) is 11.6 Å². The molecular weight excluding hydrogens is 248 g/mol. The van der Waals surface area contributed by atoms with Gasteiger partial charge in [-0.2, -0.15) is 26.3 Å². The van der Waals surface area contributed by atoms with Gasteiger partial charge in [-0.15, -0.1) is 0 Å². The molecule has 0 aliphatic heterocycles. The van der Waals surface area contributed by atoms with Crippen molar-refractivity contribution >= 4 is 0 Å². The normalized spacial score (nSPS) is 20.4. The van der Waals surface area contributed by atoms with Gasteiger partial charge in [0.1, 0.15) is 0 Å². The Hall–Kier alpha value is -0.720. The molecule has 1 nitrogen and oxygen atoms in total. The van der Waals surface area contributed by atoms with Gasteiger partial charge >= 0.3 is 12.4 Å². The molecule has 100 valence electrons. The summed E-state index contributed by atoms with van der Waals surface area (Å²) < 4.78 is 74.4. The van der Waals surface area contributed by atoms with Gasteiger partial charge in [-0.3, -0.25) is 0 Å². The summed E-state index contributed by atoms with van der Waals surface area (Å²) in [5.74, 6) is -3.47. The monoisotopic (exact) mass is 261 g/mol. The van der Waals surface area contributed by atoms with Gasteiger partial charge < -0.3 is 5.73 Å². The van der Waals surface area contributed by atoms with Crippen molar-refractivity contribution in [3.8, 4) is 0 Å². The largest absolute Gasteiger partial charge is 0.402 e. The fourth-order valence-corrected chi connectivity index (χ4v) is 1.97. The predicted octanol–water partition coefficient (Wildman–Crippen LogP) is 3.55. The average Bonchev–Trinajstić information content (AvgIpc) is 2.14. The van der Waals surface area contributed by atoms with Crippen LogP contribution in [0.4, 0.5) is 26.3 Å². The molecular formula is C10H13F6N. The van der Waals surface area contributed by atoms with Gasteiger partial charge in [0.15, 0.2) is 5.92 Å². The molecule has 0 amide bonds. The summed E-state index contributed by atoms with van der Waals surface area (Å²) >= 11 is 0. The van der Waals surface area contributed by atoms with Crippen LogP contribution in [-0.2, 0) is 0 Å². The van der Waals surface area contributed by atoms with Crippen molar-refractivity contribution in [2.45, 2.75) is 44.1 Å². The fourth-order valence-electron chi connectivity index (χ4n) is 1.97. The second kappa shape index (κ2) is 4.88. The first-order valence-corrected chi connectivity index (χ1v) is 5.22. The van der Waals surface area contributed by atoms with E-state index in [1.807, 2.05) is 0 Å². The first-order chi connectivity index (χ1) is 7.64. The van der Waals surface area contributed by atoms with Crippen LogP contribution in [0.1, 0.15) is 25.7 Å². The second-order valence-electron chi connectivity index (χ2n) is 4.11. The Balaban J connectivity index is 2.95. The molecule has 0 spiro atoms. The van der Waals surface area contributed by atoms with Crippen LogP contribution in [0.5, 0.6) is 0 Å². The lowest BCUT2D eigenvalue weighted by Gasteiger charge is -2.30. The van der Waals surface area contributed by atoms with Crippen molar-refractivity contribution in [1.82, 2.24) is 0 Å². The van der Waals surface area contributed by atoms with E-state index in [1.54, 1.807) is 0 Å². The van der Waals surface area contributed by atoms with E-state index in [0.29, 0.717) is 12.8 Å². The number of hydrogen-bond donors (Lipinski definition) is 1. The molecule has 1 aliphatic rings. The number of nitrogens with two attached hydrogens (primary N) is 1. The Morgan fingerprint density at radius 2 is 1.53 bits per heavy atom. The molecule has 0 saturated carbocycles. The molecule has 17 heavy (non-hydrogen) atoms. The number of hydrogen-bond acceptors (Lipinski definition) is 1. The molecule has 0 aromatic rings. The Morgan fingerprint density at radius 1 is 1.00 bits per heavy atom. The summed E-state index contributed by atoms with van der Waals surface area (Å²) in [6, 6.07) is -2.02. The topological polar surface area (TPSA) is 26.0 Å². The van der Waals surface area contributed by atoms with Crippen molar-refractivity contribution in [3.63, 3.8) is 0 Å². The first kappa shape index (κ1) is 14.3. The smallest absolute Gasteiger partial charge is 0.323 e. The molecule has 2 N–H and O–H groups in total. The third-order valence-corrected chi connectivity index (χ3v) is 2.82. The fraction of sp³-hybridized carbons (Fsp3) is 0.800. The third kappa shape index (κ3) is 3.62. The van der Waals surface area contributed by atoms with Gasteiger partial charge in [0.2, 0.25) is 0 Å². The summed E-state index contributed by atoms with van der Waals surface area (Å²) in [5, 5.41) is 0. The van der Waals surface area contributed by atoms with E-state index in [2.05, 4.69) is 0 Å². The van der Waals surface area contributed by atoms with E-state index in [4.69, 9.17) is 5.73 Å². The van der Waals surface area contributed by atoms with E-state index in [9.17, 15) is 26.3 Å². The third-order valence-electron chi connectivity index (χ3n) is 2.82. The van der Waals surface area contributed by atoms with E-state index < -0.39 is 24.3 Å². The zero-order chi connectivity index (χ0) is 13.3. The molecule has 0 heterocycles. The molecule has 1 aliphatic carbocycles. The quantitative estimate of drug-likeness (QED) is 0.597. The molecule has 0 fully saturated rings. The number of alkyl halides is 6. The standard InChI is InChI=1S/C10H13F6N/c11-9(12,13)8(10(14,15)16)7(17)6-4-2-1-3-5-6/h4,7-8H,1-3,5,17H2. The summed E-state index contributed by atoms with van der Waals surface area (Å²) in [7, 11) is 0. The molecule has 0 saturated heterocycles. The molecule has 1 unspecified atom stereocenters. The van der Waals surface area contributed by atoms with Gasteiger partial charge in [0.25, 0.3) is 0 Å². The maximum Gasteiger partial charge on any atom is 0.402 e. The minimum absolute atomic E-state index is 0.0656. The van der Waals surface area contributed by atoms with Gasteiger partial charge in [-0.05, 0) is 25.7 Å². The highest BCUT2D eigenvalue weighted by molar-refractivity contribution is 5.15. The van der Waals surface area contributed by atoms with Crippen LogP contribution in [0.15, 0.2) is 11.6 Å². The first-order valence-electron chi connectivity index (χ1n) is 5.22. The van der Waals surface area contributed by atoms with Gasteiger partial charge in [0.05, 0.1) is 0 Å². The summed E-state index contributed by atoms with van der Waals surface area (Å²) in [4.78, 5) is 0. The molecule has 0 aromatic carbocycles.